The number of thiazole rings is 1. The number of amides is 1. The summed E-state index contributed by atoms with van der Waals surface area (Å²) in [5.41, 5.74) is -0.220. The first-order valence-electron chi connectivity index (χ1n) is 9.02. The molecule has 148 valence electrons. The Morgan fingerprint density at radius 1 is 1.17 bits per heavy atom. The summed E-state index contributed by atoms with van der Waals surface area (Å²) in [7, 11) is 0. The summed E-state index contributed by atoms with van der Waals surface area (Å²) in [6.07, 6.45) is 3.02. The molecule has 0 radical (unpaired) electrons. The smallest absolute Gasteiger partial charge is 0.271 e. The highest BCUT2D eigenvalue weighted by molar-refractivity contribution is 7.15. The summed E-state index contributed by atoms with van der Waals surface area (Å²) in [6, 6.07) is 3.90. The molecule has 1 amide bonds. The number of nitrogens with zero attached hydrogens (tertiary/aromatic N) is 6. The summed E-state index contributed by atoms with van der Waals surface area (Å²) >= 11 is 2.93. The summed E-state index contributed by atoms with van der Waals surface area (Å²) in [6.45, 7) is 2.91. The van der Waals surface area contributed by atoms with Crippen LogP contribution in [0.3, 0.4) is 0 Å². The average molecular weight is 428 g/mol. The van der Waals surface area contributed by atoms with E-state index < -0.39 is 0 Å². The second kappa shape index (κ2) is 7.50. The lowest BCUT2D eigenvalue weighted by Gasteiger charge is -2.33. The monoisotopic (exact) mass is 428 g/mol. The summed E-state index contributed by atoms with van der Waals surface area (Å²) < 4.78 is 6.77. The number of piperazine rings is 1. The molecule has 9 nitrogen and oxygen atoms in total. The van der Waals surface area contributed by atoms with Crippen LogP contribution in [0.15, 0.2) is 44.6 Å². The number of thiophene rings is 1. The van der Waals surface area contributed by atoms with Crippen molar-refractivity contribution in [1.29, 1.82) is 0 Å². The van der Waals surface area contributed by atoms with Crippen LogP contribution in [0.4, 0.5) is 0 Å². The molecule has 0 aliphatic carbocycles. The van der Waals surface area contributed by atoms with E-state index in [2.05, 4.69) is 20.0 Å². The lowest BCUT2D eigenvalue weighted by atomic mass is 10.2. The molecule has 0 aromatic carbocycles. The number of fused-ring (bicyclic) bond motifs is 1. The first kappa shape index (κ1) is 18.2. The van der Waals surface area contributed by atoms with Crippen molar-refractivity contribution in [2.75, 3.05) is 26.2 Å². The van der Waals surface area contributed by atoms with Gasteiger partial charge in [0.05, 0.1) is 11.4 Å². The normalized spacial score (nSPS) is 15.2. The summed E-state index contributed by atoms with van der Waals surface area (Å²) in [5.74, 6) is 0.875. The molecular formula is C18H16N6O3S2. The van der Waals surface area contributed by atoms with Gasteiger partial charge in [0.25, 0.3) is 11.5 Å². The highest BCUT2D eigenvalue weighted by Crippen LogP contribution is 2.21. The van der Waals surface area contributed by atoms with E-state index in [0.29, 0.717) is 49.4 Å². The second-order valence-electron chi connectivity index (χ2n) is 6.59. The van der Waals surface area contributed by atoms with Gasteiger partial charge >= 0.3 is 0 Å². The molecule has 5 heterocycles. The molecule has 0 bridgehead atoms. The predicted octanol–water partition coefficient (Wildman–Crippen LogP) is 1.83. The van der Waals surface area contributed by atoms with Crippen LogP contribution in [0.1, 0.15) is 16.2 Å². The Morgan fingerprint density at radius 2 is 2.03 bits per heavy atom. The second-order valence-corrected chi connectivity index (χ2v) is 8.41. The van der Waals surface area contributed by atoms with Gasteiger partial charge in [-0.25, -0.2) is 4.98 Å². The van der Waals surface area contributed by atoms with Gasteiger partial charge in [0, 0.05) is 44.0 Å². The Hall–Kier alpha value is -2.89. The fraction of sp³-hybridized carbons (Fsp3) is 0.278. The number of carbonyl (C=O) groups is 1. The zero-order chi connectivity index (χ0) is 19.8. The molecule has 29 heavy (non-hydrogen) atoms. The maximum absolute atomic E-state index is 12.8. The van der Waals surface area contributed by atoms with Gasteiger partial charge in [0.2, 0.25) is 11.7 Å². The summed E-state index contributed by atoms with van der Waals surface area (Å²) in [5, 5.41) is 7.77. The van der Waals surface area contributed by atoms with E-state index in [1.165, 1.54) is 21.9 Å². The van der Waals surface area contributed by atoms with Crippen molar-refractivity contribution >= 4 is 33.5 Å². The zero-order valence-corrected chi connectivity index (χ0v) is 16.9. The zero-order valence-electron chi connectivity index (χ0n) is 15.2. The third-order valence-corrected chi connectivity index (χ3v) is 6.44. The molecule has 0 saturated carbocycles. The van der Waals surface area contributed by atoms with Gasteiger partial charge < -0.3 is 9.42 Å². The molecule has 1 aliphatic heterocycles. The molecule has 4 aromatic heterocycles. The number of rotatable bonds is 4. The maximum atomic E-state index is 12.8. The SMILES string of the molecule is O=C(c1cnc2sccn2c1=O)N1CCN(Cc2nc(-c3cccs3)no2)CC1. The highest BCUT2D eigenvalue weighted by Gasteiger charge is 2.26. The first-order valence-corrected chi connectivity index (χ1v) is 10.8. The van der Waals surface area contributed by atoms with Crippen LogP contribution >= 0.6 is 22.7 Å². The van der Waals surface area contributed by atoms with Gasteiger partial charge in [0.15, 0.2) is 4.96 Å². The molecule has 5 rings (SSSR count). The summed E-state index contributed by atoms with van der Waals surface area (Å²) in [4.78, 5) is 39.4. The first-order chi connectivity index (χ1) is 14.2. The lowest BCUT2D eigenvalue weighted by Crippen LogP contribution is -2.49. The molecular weight excluding hydrogens is 412 g/mol. The van der Waals surface area contributed by atoms with Crippen molar-refractivity contribution in [3.05, 3.63) is 57.1 Å². The standard InChI is InChI=1S/C18H16N6O3S2/c25-16(12-10-19-18-24(17(12)26)7-9-29-18)23-5-3-22(4-6-23)11-14-20-15(21-27-14)13-2-1-8-28-13/h1-2,7-10H,3-6,11H2. The molecule has 4 aromatic rings. The van der Waals surface area contributed by atoms with Crippen LogP contribution in [0.5, 0.6) is 0 Å². The molecule has 1 fully saturated rings. The molecule has 0 N–H and O–H groups in total. The quantitative estimate of drug-likeness (QED) is 0.489. The minimum atomic E-state index is -0.323. The Labute approximate surface area is 172 Å². The topological polar surface area (TPSA) is 96.8 Å². The van der Waals surface area contributed by atoms with Crippen molar-refractivity contribution < 1.29 is 9.32 Å². The fourth-order valence-corrected chi connectivity index (χ4v) is 4.59. The van der Waals surface area contributed by atoms with Crippen LogP contribution < -0.4 is 5.56 Å². The van der Waals surface area contributed by atoms with Gasteiger partial charge in [-0.3, -0.25) is 18.9 Å². The number of hydrogen-bond donors (Lipinski definition) is 0. The van der Waals surface area contributed by atoms with E-state index >= 15 is 0 Å². The van der Waals surface area contributed by atoms with Crippen LogP contribution in [0.2, 0.25) is 0 Å². The van der Waals surface area contributed by atoms with E-state index in [9.17, 15) is 9.59 Å². The Morgan fingerprint density at radius 3 is 2.83 bits per heavy atom. The molecule has 11 heteroatoms. The average Bonchev–Trinajstić information content (AvgIpc) is 3.49. The Balaban J connectivity index is 1.22. The van der Waals surface area contributed by atoms with Gasteiger partial charge in [0.1, 0.15) is 5.56 Å². The minimum absolute atomic E-state index is 0.104. The van der Waals surface area contributed by atoms with E-state index in [1.54, 1.807) is 27.8 Å². The fourth-order valence-electron chi connectivity index (χ4n) is 3.27. The van der Waals surface area contributed by atoms with Crippen LogP contribution in [0, 0.1) is 0 Å². The minimum Gasteiger partial charge on any atom is -0.338 e. The van der Waals surface area contributed by atoms with E-state index in [4.69, 9.17) is 4.52 Å². The lowest BCUT2D eigenvalue weighted by molar-refractivity contribution is 0.0613. The largest absolute Gasteiger partial charge is 0.338 e. The van der Waals surface area contributed by atoms with Crippen LogP contribution in [-0.2, 0) is 6.54 Å². The third-order valence-electron chi connectivity index (χ3n) is 4.80. The van der Waals surface area contributed by atoms with Crippen molar-refractivity contribution in [3.8, 4) is 10.7 Å². The van der Waals surface area contributed by atoms with Crippen molar-refractivity contribution in [2.45, 2.75) is 6.54 Å². The van der Waals surface area contributed by atoms with Gasteiger partial charge in [-0.05, 0) is 11.4 Å². The highest BCUT2D eigenvalue weighted by atomic mass is 32.1. The van der Waals surface area contributed by atoms with Gasteiger partial charge in [-0.2, -0.15) is 4.98 Å². The van der Waals surface area contributed by atoms with E-state index in [-0.39, 0.29) is 17.0 Å². The molecule has 0 atom stereocenters. The molecule has 0 spiro atoms. The number of carbonyl (C=O) groups excluding carboxylic acids is 1. The van der Waals surface area contributed by atoms with Crippen LogP contribution in [0.25, 0.3) is 15.7 Å². The number of aromatic nitrogens is 4. The predicted molar refractivity (Wildman–Crippen MR) is 108 cm³/mol. The Bertz CT molecular complexity index is 1200. The van der Waals surface area contributed by atoms with Crippen molar-refractivity contribution in [3.63, 3.8) is 0 Å². The van der Waals surface area contributed by atoms with Crippen LogP contribution in [-0.4, -0.2) is 61.4 Å². The third kappa shape index (κ3) is 3.48. The van der Waals surface area contributed by atoms with Gasteiger partial charge in [-0.1, -0.05) is 11.2 Å². The van der Waals surface area contributed by atoms with E-state index in [0.717, 1.165) is 4.88 Å². The Kier molecular flexibility index (Phi) is 4.70. The van der Waals surface area contributed by atoms with E-state index in [1.807, 2.05) is 17.5 Å². The van der Waals surface area contributed by atoms with Crippen molar-refractivity contribution in [1.82, 2.24) is 29.3 Å². The maximum Gasteiger partial charge on any atom is 0.271 e. The molecule has 1 saturated heterocycles. The number of hydrogen-bond acceptors (Lipinski definition) is 9. The van der Waals surface area contributed by atoms with Crippen molar-refractivity contribution in [2.24, 2.45) is 0 Å². The molecule has 1 aliphatic rings. The molecule has 0 unspecified atom stereocenters. The van der Waals surface area contributed by atoms with Gasteiger partial charge in [-0.15, -0.1) is 22.7 Å².